The Kier molecular flexibility index (Phi) is 4.79. The number of nitrogens with zero attached hydrogens (tertiary/aromatic N) is 2. The molecule has 0 fully saturated rings. The van der Waals surface area contributed by atoms with Gasteiger partial charge in [-0.15, -0.1) is 0 Å². The third-order valence-electron chi connectivity index (χ3n) is 5.32. The lowest BCUT2D eigenvalue weighted by Crippen LogP contribution is -2.37. The Morgan fingerprint density at radius 1 is 1.31 bits per heavy atom. The van der Waals surface area contributed by atoms with E-state index < -0.39 is 40.0 Å². The molecule has 1 aromatic heterocycles. The summed E-state index contributed by atoms with van der Waals surface area (Å²) in [6.07, 6.45) is -3.20. The lowest BCUT2D eigenvalue weighted by molar-refractivity contribution is -0.384. The van der Waals surface area contributed by atoms with Crippen molar-refractivity contribution in [3.8, 4) is 11.6 Å². The summed E-state index contributed by atoms with van der Waals surface area (Å²) in [6, 6.07) is 8.58. The van der Waals surface area contributed by atoms with Gasteiger partial charge in [0.15, 0.2) is 5.88 Å². The number of amides is 1. The highest BCUT2D eigenvalue weighted by molar-refractivity contribution is 5.97. The number of aromatic hydroxyl groups is 1. The number of halogens is 3. The van der Waals surface area contributed by atoms with Gasteiger partial charge in [-0.3, -0.25) is 14.9 Å². The van der Waals surface area contributed by atoms with E-state index in [-0.39, 0.29) is 11.6 Å². The van der Waals surface area contributed by atoms with Gasteiger partial charge in [0, 0.05) is 41.1 Å². The quantitative estimate of drug-likeness (QED) is 0.437. The molecule has 1 aliphatic heterocycles. The van der Waals surface area contributed by atoms with Crippen LogP contribution in [0.1, 0.15) is 31.9 Å². The van der Waals surface area contributed by atoms with Crippen LogP contribution in [0.25, 0.3) is 10.8 Å². The number of hydrogen-bond donors (Lipinski definition) is 2. The molecule has 0 aliphatic carbocycles. The number of nitro groups is 1. The SMILES string of the molecule is CC1(C)C[C@@H](n2cc3ccccc3c2O)c2cc([N+](=O)[O-])c(NC(=O)C(F)(F)F)cc2O1. The van der Waals surface area contributed by atoms with Crippen molar-refractivity contribution in [2.45, 2.75) is 38.1 Å². The number of alkyl halides is 3. The third kappa shape index (κ3) is 3.70. The summed E-state index contributed by atoms with van der Waals surface area (Å²) in [5.41, 5.74) is -1.86. The fraction of sp³-hybridized carbons (Fsp3) is 0.286. The van der Waals surface area contributed by atoms with Crippen LogP contribution in [-0.2, 0) is 4.79 Å². The zero-order valence-corrected chi connectivity index (χ0v) is 16.9. The maximum absolute atomic E-state index is 12.7. The van der Waals surface area contributed by atoms with Gasteiger partial charge in [-0.2, -0.15) is 13.2 Å². The Morgan fingerprint density at radius 2 is 2.00 bits per heavy atom. The molecule has 2 N–H and O–H groups in total. The van der Waals surface area contributed by atoms with Crippen LogP contribution >= 0.6 is 0 Å². The Morgan fingerprint density at radius 3 is 2.62 bits per heavy atom. The van der Waals surface area contributed by atoms with Gasteiger partial charge in [0.1, 0.15) is 17.0 Å². The molecule has 0 unspecified atom stereocenters. The molecule has 0 bridgehead atoms. The Hall–Kier alpha value is -3.76. The molecular weight excluding hydrogens is 431 g/mol. The van der Waals surface area contributed by atoms with Crippen LogP contribution in [0, 0.1) is 10.1 Å². The maximum atomic E-state index is 12.7. The summed E-state index contributed by atoms with van der Waals surface area (Å²) in [4.78, 5) is 22.1. The van der Waals surface area contributed by atoms with Crippen LogP contribution in [0.15, 0.2) is 42.6 Å². The molecule has 168 valence electrons. The zero-order chi connectivity index (χ0) is 23.4. The van der Waals surface area contributed by atoms with E-state index in [0.29, 0.717) is 17.4 Å². The minimum atomic E-state index is -5.22. The minimum absolute atomic E-state index is 0.0497. The van der Waals surface area contributed by atoms with Crippen LogP contribution in [-0.4, -0.2) is 32.3 Å². The minimum Gasteiger partial charge on any atom is -0.494 e. The second kappa shape index (κ2) is 7.14. The van der Waals surface area contributed by atoms with Crippen molar-refractivity contribution in [3.05, 3.63) is 58.3 Å². The van der Waals surface area contributed by atoms with Gasteiger partial charge in [0.2, 0.25) is 0 Å². The van der Waals surface area contributed by atoms with E-state index in [4.69, 9.17) is 4.74 Å². The summed E-state index contributed by atoms with van der Waals surface area (Å²) < 4.78 is 45.6. The summed E-state index contributed by atoms with van der Waals surface area (Å²) in [6.45, 7) is 3.50. The summed E-state index contributed by atoms with van der Waals surface area (Å²) >= 11 is 0. The molecular formula is C21H18F3N3O5. The van der Waals surface area contributed by atoms with E-state index >= 15 is 0 Å². The average Bonchev–Trinajstić information content (AvgIpc) is 3.02. The maximum Gasteiger partial charge on any atom is 0.471 e. The predicted molar refractivity (Wildman–Crippen MR) is 109 cm³/mol. The molecule has 2 aromatic carbocycles. The Labute approximate surface area is 179 Å². The van der Waals surface area contributed by atoms with Crippen molar-refractivity contribution in [2.24, 2.45) is 0 Å². The van der Waals surface area contributed by atoms with E-state index in [1.807, 2.05) is 0 Å². The molecule has 0 saturated carbocycles. The second-order valence-corrected chi connectivity index (χ2v) is 8.15. The second-order valence-electron chi connectivity index (χ2n) is 8.15. The summed E-state index contributed by atoms with van der Waals surface area (Å²) in [5, 5.41) is 25.3. The van der Waals surface area contributed by atoms with Crippen LogP contribution in [0.5, 0.6) is 11.6 Å². The molecule has 1 atom stereocenters. The standard InChI is InChI=1S/C21H18F3N3O5/c1-20(2)9-16(26-10-11-5-3-4-6-12(11)18(26)28)13-7-15(27(30)31)14(8-17(13)32-20)25-19(29)21(22,23)24/h3-8,10,16,28H,9H2,1-2H3,(H,25,29)/t16-/m1/s1. The van der Waals surface area contributed by atoms with Crippen molar-refractivity contribution >= 4 is 28.1 Å². The lowest BCUT2D eigenvalue weighted by Gasteiger charge is -2.38. The molecule has 1 aliphatic rings. The number of carbonyl (C=O) groups is 1. The Balaban J connectivity index is 1.88. The molecule has 0 radical (unpaired) electrons. The summed E-state index contributed by atoms with van der Waals surface area (Å²) in [7, 11) is 0. The number of fused-ring (bicyclic) bond motifs is 2. The number of rotatable bonds is 3. The summed E-state index contributed by atoms with van der Waals surface area (Å²) in [5.74, 6) is -2.31. The van der Waals surface area contributed by atoms with Crippen LogP contribution in [0.3, 0.4) is 0 Å². The molecule has 0 saturated heterocycles. The monoisotopic (exact) mass is 449 g/mol. The van der Waals surface area contributed by atoms with Crippen molar-refractivity contribution < 1.29 is 32.7 Å². The normalized spacial score (nSPS) is 17.5. The van der Waals surface area contributed by atoms with E-state index in [2.05, 4.69) is 0 Å². The number of carbonyl (C=O) groups excluding carboxylic acids is 1. The first-order valence-electron chi connectivity index (χ1n) is 9.55. The van der Waals surface area contributed by atoms with Crippen LogP contribution in [0.2, 0.25) is 0 Å². The first-order valence-corrected chi connectivity index (χ1v) is 9.55. The number of anilines is 1. The first-order chi connectivity index (χ1) is 14.9. The molecule has 1 amide bonds. The van der Waals surface area contributed by atoms with Crippen LogP contribution < -0.4 is 10.1 Å². The van der Waals surface area contributed by atoms with Gasteiger partial charge >= 0.3 is 12.1 Å². The highest BCUT2D eigenvalue weighted by Gasteiger charge is 2.41. The van der Waals surface area contributed by atoms with Crippen molar-refractivity contribution in [2.75, 3.05) is 5.32 Å². The molecule has 8 nitrogen and oxygen atoms in total. The van der Waals surface area contributed by atoms with Gasteiger partial charge in [0.25, 0.3) is 5.69 Å². The lowest BCUT2D eigenvalue weighted by atomic mass is 9.89. The molecule has 32 heavy (non-hydrogen) atoms. The fourth-order valence-electron chi connectivity index (χ4n) is 3.94. The number of aromatic nitrogens is 1. The van der Waals surface area contributed by atoms with Gasteiger partial charge < -0.3 is 19.7 Å². The third-order valence-corrected chi connectivity index (χ3v) is 5.32. The molecule has 2 heterocycles. The van der Waals surface area contributed by atoms with Gasteiger partial charge in [-0.05, 0) is 19.9 Å². The highest BCUT2D eigenvalue weighted by Crippen LogP contribution is 2.47. The average molecular weight is 449 g/mol. The van der Waals surface area contributed by atoms with Gasteiger partial charge in [-0.1, -0.05) is 18.2 Å². The molecule has 4 rings (SSSR count). The van der Waals surface area contributed by atoms with E-state index in [9.17, 15) is 33.2 Å². The molecule has 11 heteroatoms. The zero-order valence-electron chi connectivity index (χ0n) is 16.9. The number of nitrogens with one attached hydrogen (secondary N) is 1. The van der Waals surface area contributed by atoms with Crippen LogP contribution in [0.4, 0.5) is 24.5 Å². The first kappa shape index (κ1) is 21.5. The van der Waals surface area contributed by atoms with Gasteiger partial charge in [0.05, 0.1) is 11.0 Å². The topological polar surface area (TPSA) is 107 Å². The van der Waals surface area contributed by atoms with E-state index in [1.54, 1.807) is 54.2 Å². The number of nitro benzene ring substituents is 1. The van der Waals surface area contributed by atoms with Crippen molar-refractivity contribution in [1.29, 1.82) is 0 Å². The predicted octanol–water partition coefficient (Wildman–Crippen LogP) is 4.91. The Bertz CT molecular complexity index is 1250. The number of hydrogen-bond acceptors (Lipinski definition) is 5. The number of benzene rings is 2. The van der Waals surface area contributed by atoms with Crippen molar-refractivity contribution in [1.82, 2.24) is 4.57 Å². The van der Waals surface area contributed by atoms with E-state index in [1.165, 1.54) is 0 Å². The smallest absolute Gasteiger partial charge is 0.471 e. The molecule has 0 spiro atoms. The van der Waals surface area contributed by atoms with E-state index in [0.717, 1.165) is 17.5 Å². The molecule has 3 aromatic rings. The van der Waals surface area contributed by atoms with Gasteiger partial charge in [-0.25, -0.2) is 0 Å². The number of ether oxygens (including phenoxy) is 1. The van der Waals surface area contributed by atoms with Crippen molar-refractivity contribution in [3.63, 3.8) is 0 Å². The highest BCUT2D eigenvalue weighted by atomic mass is 19.4. The largest absolute Gasteiger partial charge is 0.494 e. The fourth-order valence-corrected chi connectivity index (χ4v) is 3.94.